The lowest BCUT2D eigenvalue weighted by atomic mass is 10.3. The number of nitrogens with one attached hydrogen (secondary N) is 2. The highest BCUT2D eigenvalue weighted by molar-refractivity contribution is 7.16. The summed E-state index contributed by atoms with van der Waals surface area (Å²) in [6, 6.07) is 1.11. The van der Waals surface area contributed by atoms with E-state index >= 15 is 0 Å². The van der Waals surface area contributed by atoms with Gasteiger partial charge in [0.1, 0.15) is 10.3 Å². The van der Waals surface area contributed by atoms with Crippen molar-refractivity contribution in [2.45, 2.75) is 0 Å². The first-order valence-electron chi connectivity index (χ1n) is 8.02. The number of nitrogens with zero attached hydrogens (tertiary/aromatic N) is 7. The Kier molecular flexibility index (Phi) is 4.75. The Morgan fingerprint density at radius 3 is 2.64 bits per heavy atom. The van der Waals surface area contributed by atoms with Gasteiger partial charge in [-0.15, -0.1) is 16.1 Å². The predicted molar refractivity (Wildman–Crippen MR) is 109 cm³/mol. The van der Waals surface area contributed by atoms with Gasteiger partial charge >= 0.3 is 6.03 Å². The van der Waals surface area contributed by atoms with Gasteiger partial charge in [-0.3, -0.25) is 0 Å². The maximum Gasteiger partial charge on any atom is 0.323 e. The monoisotopic (exact) mass is 415 g/mol. The summed E-state index contributed by atoms with van der Waals surface area (Å²) >= 11 is 7.66. The van der Waals surface area contributed by atoms with Crippen LogP contribution in [0.1, 0.15) is 0 Å². The number of anilines is 3. The van der Waals surface area contributed by atoms with E-state index in [0.717, 1.165) is 16.0 Å². The summed E-state index contributed by atoms with van der Waals surface area (Å²) in [5.41, 5.74) is 4.19. The molecule has 0 fully saturated rings. The van der Waals surface area contributed by atoms with Crippen molar-refractivity contribution < 1.29 is 4.79 Å². The Morgan fingerprint density at radius 2 is 1.93 bits per heavy atom. The van der Waals surface area contributed by atoms with Crippen molar-refractivity contribution in [1.29, 1.82) is 0 Å². The first-order valence-corrected chi connectivity index (χ1v) is 9.28. The molecule has 0 unspecified atom stereocenters. The standard InChI is InChI=1S/C16H14ClN9OS/c1-25(2)13-11(7-19-15-12(13)20-8-28-15)24-16(27)23-9-5-10(17)14(18-6-9)26-21-3-4-22-26/h3-8H,1-2H3,(H2,23,24,27). The zero-order valence-corrected chi connectivity index (χ0v) is 16.4. The number of rotatable bonds is 4. The largest absolute Gasteiger partial charge is 0.374 e. The number of fused-ring (bicyclic) bond motifs is 1. The van der Waals surface area contributed by atoms with Crippen molar-refractivity contribution >= 4 is 56.4 Å². The second kappa shape index (κ2) is 7.37. The van der Waals surface area contributed by atoms with Crippen molar-refractivity contribution in [2.75, 3.05) is 29.6 Å². The van der Waals surface area contributed by atoms with Crippen LogP contribution in [0.25, 0.3) is 16.2 Å². The summed E-state index contributed by atoms with van der Waals surface area (Å²) in [4.78, 5) is 29.3. The van der Waals surface area contributed by atoms with E-state index in [-0.39, 0.29) is 0 Å². The molecule has 4 aromatic rings. The maximum absolute atomic E-state index is 12.5. The van der Waals surface area contributed by atoms with E-state index in [4.69, 9.17) is 11.6 Å². The highest BCUT2D eigenvalue weighted by Gasteiger charge is 2.16. The van der Waals surface area contributed by atoms with Gasteiger partial charge < -0.3 is 15.5 Å². The number of halogens is 1. The van der Waals surface area contributed by atoms with Crippen LogP contribution in [0.3, 0.4) is 0 Å². The smallest absolute Gasteiger partial charge is 0.323 e. The molecule has 12 heteroatoms. The molecule has 0 spiro atoms. The molecule has 0 aromatic carbocycles. The molecule has 0 saturated carbocycles. The Bertz CT molecular complexity index is 1140. The van der Waals surface area contributed by atoms with Crippen LogP contribution in [0, 0.1) is 0 Å². The quantitative estimate of drug-likeness (QED) is 0.526. The molecule has 0 aliphatic carbocycles. The Labute approximate surface area is 168 Å². The molecule has 0 aliphatic rings. The molecular weight excluding hydrogens is 402 g/mol. The third-order valence-corrected chi connectivity index (χ3v) is 4.73. The van der Waals surface area contributed by atoms with Crippen molar-refractivity contribution in [3.05, 3.63) is 41.4 Å². The lowest BCUT2D eigenvalue weighted by Crippen LogP contribution is -2.22. The van der Waals surface area contributed by atoms with Gasteiger partial charge in [0, 0.05) is 14.1 Å². The SMILES string of the molecule is CN(C)c1c(NC(=O)Nc2cnc(-n3nccn3)c(Cl)c2)cnc2scnc12. The summed E-state index contributed by atoms with van der Waals surface area (Å²) in [6.07, 6.45) is 6.12. The van der Waals surface area contributed by atoms with E-state index in [2.05, 4.69) is 35.8 Å². The van der Waals surface area contributed by atoms with Gasteiger partial charge in [0.2, 0.25) is 0 Å². The van der Waals surface area contributed by atoms with Crippen LogP contribution in [0.15, 0.2) is 36.4 Å². The lowest BCUT2D eigenvalue weighted by Gasteiger charge is -2.18. The highest BCUT2D eigenvalue weighted by atomic mass is 35.5. The van der Waals surface area contributed by atoms with Crippen molar-refractivity contribution in [3.63, 3.8) is 0 Å². The molecule has 2 N–H and O–H groups in total. The number of hydrogen-bond acceptors (Lipinski definition) is 8. The molecule has 0 saturated heterocycles. The van der Waals surface area contributed by atoms with Crippen LogP contribution < -0.4 is 15.5 Å². The van der Waals surface area contributed by atoms with Gasteiger partial charge in [0.25, 0.3) is 0 Å². The minimum atomic E-state index is -0.456. The van der Waals surface area contributed by atoms with Gasteiger partial charge in [0.15, 0.2) is 5.82 Å². The zero-order valence-electron chi connectivity index (χ0n) is 14.8. The molecule has 2 amide bonds. The fourth-order valence-electron chi connectivity index (χ4n) is 2.61. The van der Waals surface area contributed by atoms with Gasteiger partial charge in [-0.1, -0.05) is 11.6 Å². The first-order chi connectivity index (χ1) is 13.5. The lowest BCUT2D eigenvalue weighted by molar-refractivity contribution is 0.262. The van der Waals surface area contributed by atoms with E-state index in [1.54, 1.807) is 17.8 Å². The molecule has 0 atom stereocenters. The van der Waals surface area contributed by atoms with Crippen LogP contribution in [0.5, 0.6) is 0 Å². The fraction of sp³-hybridized carbons (Fsp3) is 0.125. The number of thiazole rings is 1. The number of hydrogen-bond donors (Lipinski definition) is 2. The van der Waals surface area contributed by atoms with E-state index < -0.39 is 6.03 Å². The second-order valence-corrected chi connectivity index (χ2v) is 7.09. The molecule has 4 heterocycles. The van der Waals surface area contributed by atoms with Crippen LogP contribution in [0.2, 0.25) is 5.02 Å². The molecule has 4 rings (SSSR count). The fourth-order valence-corrected chi connectivity index (χ4v) is 3.48. The predicted octanol–water partition coefficient (Wildman–Crippen LogP) is 3.03. The highest BCUT2D eigenvalue weighted by Crippen LogP contribution is 2.32. The van der Waals surface area contributed by atoms with E-state index in [1.165, 1.54) is 34.7 Å². The molecule has 0 aliphatic heterocycles. The zero-order chi connectivity index (χ0) is 19.7. The number of urea groups is 1. The van der Waals surface area contributed by atoms with Crippen LogP contribution in [0.4, 0.5) is 21.9 Å². The summed E-state index contributed by atoms with van der Waals surface area (Å²) in [6.45, 7) is 0. The molecule has 4 aromatic heterocycles. The van der Waals surface area contributed by atoms with Gasteiger partial charge in [-0.25, -0.2) is 19.7 Å². The van der Waals surface area contributed by atoms with Crippen LogP contribution in [-0.4, -0.2) is 50.1 Å². The average Bonchev–Trinajstić information content (AvgIpc) is 3.32. The van der Waals surface area contributed by atoms with Gasteiger partial charge in [0.05, 0.1) is 52.4 Å². The molecule has 0 radical (unpaired) electrons. The van der Waals surface area contributed by atoms with E-state index in [0.29, 0.717) is 22.2 Å². The van der Waals surface area contributed by atoms with Crippen LogP contribution in [-0.2, 0) is 0 Å². The molecular formula is C16H14ClN9OS. The Hall–Kier alpha value is -3.31. The second-order valence-electron chi connectivity index (χ2n) is 5.85. The topological polar surface area (TPSA) is 114 Å². The summed E-state index contributed by atoms with van der Waals surface area (Å²) in [7, 11) is 3.76. The number of pyridine rings is 2. The third kappa shape index (κ3) is 3.44. The van der Waals surface area contributed by atoms with Crippen molar-refractivity contribution in [3.8, 4) is 5.82 Å². The molecule has 0 bridgehead atoms. The van der Waals surface area contributed by atoms with Gasteiger partial charge in [-0.05, 0) is 6.07 Å². The molecule has 142 valence electrons. The van der Waals surface area contributed by atoms with Crippen molar-refractivity contribution in [2.24, 2.45) is 0 Å². The number of carbonyl (C=O) groups excluding carboxylic acids is 1. The first kappa shape index (κ1) is 18.1. The van der Waals surface area contributed by atoms with Crippen LogP contribution >= 0.6 is 22.9 Å². The molecule has 28 heavy (non-hydrogen) atoms. The normalized spacial score (nSPS) is 10.8. The summed E-state index contributed by atoms with van der Waals surface area (Å²) < 4.78 is 0. The Morgan fingerprint density at radius 1 is 1.14 bits per heavy atom. The number of carbonyl (C=O) groups is 1. The maximum atomic E-state index is 12.5. The van der Waals surface area contributed by atoms with Crippen molar-refractivity contribution in [1.82, 2.24) is 29.9 Å². The van der Waals surface area contributed by atoms with E-state index in [9.17, 15) is 4.79 Å². The minimum absolute atomic E-state index is 0.300. The number of aromatic nitrogens is 6. The summed E-state index contributed by atoms with van der Waals surface area (Å²) in [5, 5.41) is 13.8. The number of amides is 2. The average molecular weight is 416 g/mol. The van der Waals surface area contributed by atoms with Gasteiger partial charge in [-0.2, -0.15) is 10.2 Å². The minimum Gasteiger partial charge on any atom is -0.374 e. The third-order valence-electron chi connectivity index (χ3n) is 3.72. The summed E-state index contributed by atoms with van der Waals surface area (Å²) in [5.74, 6) is 0.366. The van der Waals surface area contributed by atoms with E-state index in [1.807, 2.05) is 19.0 Å². The molecule has 10 nitrogen and oxygen atoms in total. The Balaban J connectivity index is 1.54.